The molecule has 0 saturated heterocycles. The van der Waals surface area contributed by atoms with Crippen molar-refractivity contribution in [1.82, 2.24) is 19.9 Å². The Morgan fingerprint density at radius 1 is 1.20 bits per heavy atom. The van der Waals surface area contributed by atoms with Gasteiger partial charge >= 0.3 is 0 Å². The van der Waals surface area contributed by atoms with Crippen molar-refractivity contribution in [1.29, 1.82) is 0 Å². The zero-order chi connectivity index (χ0) is 14.1. The predicted molar refractivity (Wildman–Crippen MR) is 75.6 cm³/mol. The number of hydrogen-bond acceptors (Lipinski definition) is 4. The monoisotopic (exact) mass is 267 g/mol. The van der Waals surface area contributed by atoms with E-state index in [0.717, 1.165) is 11.1 Å². The second kappa shape index (κ2) is 4.73. The molecular weight excluding hydrogens is 254 g/mol. The van der Waals surface area contributed by atoms with Crippen LogP contribution in [0.2, 0.25) is 0 Å². The quantitative estimate of drug-likeness (QED) is 0.745. The summed E-state index contributed by atoms with van der Waals surface area (Å²) in [6.07, 6.45) is 2.90. The number of carbonyl (C=O) groups is 1. The van der Waals surface area contributed by atoms with Crippen LogP contribution in [0.5, 0.6) is 0 Å². The summed E-state index contributed by atoms with van der Waals surface area (Å²) in [5, 5.41) is 2.79. The minimum atomic E-state index is -0.194. The van der Waals surface area contributed by atoms with Gasteiger partial charge in [-0.25, -0.2) is 15.0 Å². The number of aryl methyl sites for hydroxylation is 1. The highest BCUT2D eigenvalue weighted by Crippen LogP contribution is 2.18. The molecule has 0 atom stereocenters. The molecule has 2 aromatic heterocycles. The molecule has 0 aliphatic rings. The molecule has 3 rings (SSSR count). The summed E-state index contributed by atoms with van der Waals surface area (Å²) in [6.45, 7) is 3.90. The number of fused-ring (bicyclic) bond motifs is 1. The number of aromatic amines is 1. The Morgan fingerprint density at radius 2 is 2.05 bits per heavy atom. The number of nitrogens with zero attached hydrogens (tertiary/aromatic N) is 3. The number of H-pyrrole nitrogens is 1. The van der Waals surface area contributed by atoms with Crippen molar-refractivity contribution in [3.63, 3.8) is 0 Å². The first-order valence-electron chi connectivity index (χ1n) is 6.18. The van der Waals surface area contributed by atoms with Crippen LogP contribution in [0.4, 0.5) is 5.82 Å². The Balaban J connectivity index is 1.97. The van der Waals surface area contributed by atoms with Gasteiger partial charge in [0.25, 0.3) is 5.91 Å². The number of amides is 1. The maximum absolute atomic E-state index is 12.3. The number of rotatable bonds is 2. The van der Waals surface area contributed by atoms with E-state index in [1.807, 2.05) is 26.0 Å². The van der Waals surface area contributed by atoms with Gasteiger partial charge in [-0.3, -0.25) is 4.79 Å². The highest BCUT2D eigenvalue weighted by Gasteiger charge is 2.13. The van der Waals surface area contributed by atoms with E-state index in [0.29, 0.717) is 22.5 Å². The molecule has 2 heterocycles. The van der Waals surface area contributed by atoms with Gasteiger partial charge in [-0.15, -0.1) is 0 Å². The van der Waals surface area contributed by atoms with E-state index in [2.05, 4.69) is 25.3 Å². The molecule has 0 aliphatic heterocycles. The second-order valence-corrected chi connectivity index (χ2v) is 4.53. The molecule has 0 unspecified atom stereocenters. The number of aromatic nitrogens is 4. The summed E-state index contributed by atoms with van der Waals surface area (Å²) in [7, 11) is 0. The van der Waals surface area contributed by atoms with E-state index in [4.69, 9.17) is 0 Å². The summed E-state index contributed by atoms with van der Waals surface area (Å²) >= 11 is 0. The number of imidazole rings is 1. The van der Waals surface area contributed by atoms with Gasteiger partial charge in [0.2, 0.25) is 0 Å². The average Bonchev–Trinajstić information content (AvgIpc) is 2.91. The fourth-order valence-electron chi connectivity index (χ4n) is 2.03. The number of hydrogen-bond donors (Lipinski definition) is 2. The van der Waals surface area contributed by atoms with Crippen molar-refractivity contribution in [2.45, 2.75) is 13.8 Å². The van der Waals surface area contributed by atoms with E-state index in [1.54, 1.807) is 6.07 Å². The van der Waals surface area contributed by atoms with E-state index in [9.17, 15) is 4.79 Å². The zero-order valence-corrected chi connectivity index (χ0v) is 11.1. The molecule has 2 N–H and O–H groups in total. The van der Waals surface area contributed by atoms with Crippen LogP contribution in [0, 0.1) is 13.8 Å². The van der Waals surface area contributed by atoms with Gasteiger partial charge in [0.05, 0.1) is 6.33 Å². The first-order chi connectivity index (χ1) is 9.66. The van der Waals surface area contributed by atoms with Crippen LogP contribution < -0.4 is 5.32 Å². The molecule has 3 aromatic rings. The van der Waals surface area contributed by atoms with Gasteiger partial charge in [0, 0.05) is 5.56 Å². The van der Waals surface area contributed by atoms with Crippen LogP contribution >= 0.6 is 0 Å². The van der Waals surface area contributed by atoms with Crippen molar-refractivity contribution in [2.24, 2.45) is 0 Å². The van der Waals surface area contributed by atoms with Gasteiger partial charge in [0.1, 0.15) is 11.8 Å². The SMILES string of the molecule is Cc1cccc(C(=O)Nc2ncnc3nc[nH]c23)c1C. The Labute approximate surface area is 115 Å². The maximum atomic E-state index is 12.3. The van der Waals surface area contributed by atoms with Crippen LogP contribution in [-0.2, 0) is 0 Å². The van der Waals surface area contributed by atoms with Crippen molar-refractivity contribution < 1.29 is 4.79 Å². The summed E-state index contributed by atoms with van der Waals surface area (Å²) < 4.78 is 0. The lowest BCUT2D eigenvalue weighted by molar-refractivity contribution is 0.102. The lowest BCUT2D eigenvalue weighted by atomic mass is 10.0. The van der Waals surface area contributed by atoms with Crippen LogP contribution in [0.3, 0.4) is 0 Å². The Kier molecular flexibility index (Phi) is 2.90. The molecule has 0 bridgehead atoms. The van der Waals surface area contributed by atoms with Gasteiger partial charge < -0.3 is 10.3 Å². The molecule has 0 spiro atoms. The molecule has 20 heavy (non-hydrogen) atoms. The first-order valence-corrected chi connectivity index (χ1v) is 6.18. The third-order valence-corrected chi connectivity index (χ3v) is 3.30. The average molecular weight is 267 g/mol. The van der Waals surface area contributed by atoms with Gasteiger partial charge in [-0.2, -0.15) is 0 Å². The third kappa shape index (κ3) is 2.01. The third-order valence-electron chi connectivity index (χ3n) is 3.30. The van der Waals surface area contributed by atoms with Gasteiger partial charge in [0.15, 0.2) is 11.5 Å². The van der Waals surface area contributed by atoms with Crippen LogP contribution in [0.1, 0.15) is 21.5 Å². The van der Waals surface area contributed by atoms with Crippen LogP contribution in [0.25, 0.3) is 11.2 Å². The van der Waals surface area contributed by atoms with Crippen molar-refractivity contribution in [3.8, 4) is 0 Å². The van der Waals surface area contributed by atoms with Gasteiger partial charge in [-0.1, -0.05) is 12.1 Å². The number of carbonyl (C=O) groups excluding carboxylic acids is 1. The molecule has 1 aromatic carbocycles. The maximum Gasteiger partial charge on any atom is 0.257 e. The highest BCUT2D eigenvalue weighted by molar-refractivity contribution is 6.07. The van der Waals surface area contributed by atoms with Crippen molar-refractivity contribution in [3.05, 3.63) is 47.5 Å². The lowest BCUT2D eigenvalue weighted by Gasteiger charge is -2.09. The fourth-order valence-corrected chi connectivity index (χ4v) is 2.03. The van der Waals surface area contributed by atoms with E-state index in [1.165, 1.54) is 12.7 Å². The van der Waals surface area contributed by atoms with Gasteiger partial charge in [-0.05, 0) is 31.0 Å². The zero-order valence-electron chi connectivity index (χ0n) is 11.1. The molecule has 100 valence electrons. The van der Waals surface area contributed by atoms with Crippen molar-refractivity contribution in [2.75, 3.05) is 5.32 Å². The molecule has 0 fully saturated rings. The molecule has 0 saturated carbocycles. The molecule has 1 amide bonds. The normalized spacial score (nSPS) is 10.7. The largest absolute Gasteiger partial charge is 0.340 e. The topological polar surface area (TPSA) is 83.6 Å². The standard InChI is InChI=1S/C14H13N5O/c1-8-4-3-5-10(9(8)2)14(20)19-13-11-12(16-6-15-11)17-7-18-13/h3-7H,1-2H3,(H2,15,16,17,18,19,20). The second-order valence-electron chi connectivity index (χ2n) is 4.53. The fraction of sp³-hybridized carbons (Fsp3) is 0.143. The van der Waals surface area contributed by atoms with Crippen LogP contribution in [0.15, 0.2) is 30.9 Å². The molecule has 6 heteroatoms. The lowest BCUT2D eigenvalue weighted by Crippen LogP contribution is -2.15. The number of benzene rings is 1. The Hall–Kier alpha value is -2.76. The minimum Gasteiger partial charge on any atom is -0.340 e. The summed E-state index contributed by atoms with van der Waals surface area (Å²) in [4.78, 5) is 27.4. The molecule has 6 nitrogen and oxygen atoms in total. The van der Waals surface area contributed by atoms with E-state index in [-0.39, 0.29) is 5.91 Å². The molecule has 0 radical (unpaired) electrons. The predicted octanol–water partition coefficient (Wildman–Crippen LogP) is 2.22. The molecular formula is C14H13N5O. The van der Waals surface area contributed by atoms with Crippen molar-refractivity contribution >= 4 is 22.9 Å². The summed E-state index contributed by atoms with van der Waals surface area (Å²) in [5.74, 6) is 0.235. The smallest absolute Gasteiger partial charge is 0.257 e. The minimum absolute atomic E-state index is 0.194. The van der Waals surface area contributed by atoms with Crippen LogP contribution in [-0.4, -0.2) is 25.8 Å². The first kappa shape index (κ1) is 12.3. The summed E-state index contributed by atoms with van der Waals surface area (Å²) in [5.41, 5.74) is 3.81. The van der Waals surface area contributed by atoms with E-state index < -0.39 is 0 Å². The van der Waals surface area contributed by atoms with E-state index >= 15 is 0 Å². The number of anilines is 1. The summed E-state index contributed by atoms with van der Waals surface area (Å²) in [6, 6.07) is 5.63. The number of nitrogens with one attached hydrogen (secondary N) is 2. The highest BCUT2D eigenvalue weighted by atomic mass is 16.1. The Bertz CT molecular complexity index is 793. The Morgan fingerprint density at radius 3 is 2.90 bits per heavy atom. The molecule has 0 aliphatic carbocycles.